The van der Waals surface area contributed by atoms with E-state index in [9.17, 15) is 9.59 Å². The molecule has 0 aliphatic heterocycles. The molecule has 1 aromatic heterocycles. The van der Waals surface area contributed by atoms with Crippen LogP contribution in [0.2, 0.25) is 0 Å². The second-order valence-corrected chi connectivity index (χ2v) is 11.2. The van der Waals surface area contributed by atoms with Crippen LogP contribution in [0.15, 0.2) is 144 Å². The summed E-state index contributed by atoms with van der Waals surface area (Å²) in [6, 6.07) is 44.8. The summed E-state index contributed by atoms with van der Waals surface area (Å²) < 4.78 is 1.68. The molecule has 0 bridgehead atoms. The molecule has 1 atom stereocenters. The van der Waals surface area contributed by atoms with E-state index in [4.69, 9.17) is 4.98 Å². The van der Waals surface area contributed by atoms with Gasteiger partial charge in [-0.3, -0.25) is 14.2 Å². The van der Waals surface area contributed by atoms with Crippen molar-refractivity contribution in [2.45, 2.75) is 32.2 Å². The van der Waals surface area contributed by atoms with E-state index in [1.807, 2.05) is 146 Å². The Kier molecular flexibility index (Phi) is 8.46. The van der Waals surface area contributed by atoms with Crippen molar-refractivity contribution >= 4 is 16.8 Å². The molecule has 1 amide bonds. The zero-order valence-corrected chi connectivity index (χ0v) is 25.0. The van der Waals surface area contributed by atoms with Crippen LogP contribution in [0.4, 0.5) is 0 Å². The summed E-state index contributed by atoms with van der Waals surface area (Å²) in [5.41, 5.74) is 5.20. The highest BCUT2D eigenvalue weighted by atomic mass is 16.2. The van der Waals surface area contributed by atoms with Gasteiger partial charge in [-0.2, -0.15) is 0 Å². The highest BCUT2D eigenvalue weighted by Gasteiger charge is 2.33. The first kappa shape index (κ1) is 28.8. The third kappa shape index (κ3) is 5.95. The Hall–Kier alpha value is -5.29. The van der Waals surface area contributed by atoms with Gasteiger partial charge in [0.25, 0.3) is 5.56 Å². The van der Waals surface area contributed by atoms with Gasteiger partial charge in [-0.1, -0.05) is 115 Å². The standard InChI is InChI=1S/C39H35N3O2/c1-28-15-14-22-33(27-28)42-37(40-35-24-13-12-23-34(35)38(42)43)29(2)41(26-25-30-16-6-3-7-17-30)39(44)36(31-18-8-4-9-19-31)32-20-10-5-11-21-32/h3-24,27,29,36H,25-26H2,1-2H3. The quantitative estimate of drug-likeness (QED) is 0.177. The fourth-order valence-corrected chi connectivity index (χ4v) is 5.91. The molecule has 1 heterocycles. The lowest BCUT2D eigenvalue weighted by Gasteiger charge is -2.34. The maximum atomic E-state index is 14.9. The number of fused-ring (bicyclic) bond motifs is 1. The molecular formula is C39H35N3O2. The molecule has 0 fully saturated rings. The second-order valence-electron chi connectivity index (χ2n) is 11.2. The number of aryl methyl sites for hydroxylation is 1. The number of rotatable bonds is 9. The van der Waals surface area contributed by atoms with Gasteiger partial charge in [0.15, 0.2) is 0 Å². The molecule has 218 valence electrons. The van der Waals surface area contributed by atoms with Crippen LogP contribution in [0.1, 0.15) is 47.0 Å². The molecule has 0 saturated heterocycles. The SMILES string of the molecule is Cc1cccc(-n2c(C(C)N(CCc3ccccc3)C(=O)C(c3ccccc3)c3ccccc3)nc3ccccc3c2=O)c1. The van der Waals surface area contributed by atoms with Crippen LogP contribution >= 0.6 is 0 Å². The third-order valence-corrected chi connectivity index (χ3v) is 8.18. The zero-order chi connectivity index (χ0) is 30.5. The van der Waals surface area contributed by atoms with Crippen LogP contribution in [0.25, 0.3) is 16.6 Å². The summed E-state index contributed by atoms with van der Waals surface area (Å²) in [6.07, 6.45) is 0.662. The predicted octanol–water partition coefficient (Wildman–Crippen LogP) is 7.66. The molecular weight excluding hydrogens is 542 g/mol. The maximum absolute atomic E-state index is 14.9. The number of carbonyl (C=O) groups excluding carboxylic acids is 1. The third-order valence-electron chi connectivity index (χ3n) is 8.18. The fourth-order valence-electron chi connectivity index (χ4n) is 5.91. The van der Waals surface area contributed by atoms with Gasteiger partial charge in [0.2, 0.25) is 5.91 Å². The van der Waals surface area contributed by atoms with Crippen molar-refractivity contribution in [3.8, 4) is 5.69 Å². The van der Waals surface area contributed by atoms with Crippen molar-refractivity contribution in [3.63, 3.8) is 0 Å². The van der Waals surface area contributed by atoms with Crippen LogP contribution < -0.4 is 5.56 Å². The van der Waals surface area contributed by atoms with Gasteiger partial charge in [0, 0.05) is 6.54 Å². The molecule has 5 heteroatoms. The Morgan fingerprint density at radius 2 is 1.34 bits per heavy atom. The first-order valence-corrected chi connectivity index (χ1v) is 15.0. The number of hydrogen-bond donors (Lipinski definition) is 0. The van der Waals surface area contributed by atoms with Crippen molar-refractivity contribution < 1.29 is 4.79 Å². The summed E-state index contributed by atoms with van der Waals surface area (Å²) >= 11 is 0. The van der Waals surface area contributed by atoms with Gasteiger partial charge in [-0.25, -0.2) is 4.98 Å². The van der Waals surface area contributed by atoms with E-state index in [1.54, 1.807) is 4.57 Å². The topological polar surface area (TPSA) is 55.2 Å². The van der Waals surface area contributed by atoms with Crippen LogP contribution in [0, 0.1) is 6.92 Å². The maximum Gasteiger partial charge on any atom is 0.266 e. The minimum Gasteiger partial charge on any atom is -0.332 e. The molecule has 0 aliphatic rings. The molecule has 5 nitrogen and oxygen atoms in total. The van der Waals surface area contributed by atoms with Crippen molar-refractivity contribution in [3.05, 3.63) is 178 Å². The van der Waals surface area contributed by atoms with E-state index in [0.29, 0.717) is 29.7 Å². The van der Waals surface area contributed by atoms with Gasteiger partial charge >= 0.3 is 0 Å². The summed E-state index contributed by atoms with van der Waals surface area (Å²) in [6.45, 7) is 4.45. The highest BCUT2D eigenvalue weighted by molar-refractivity contribution is 5.87. The van der Waals surface area contributed by atoms with Crippen LogP contribution in [0.3, 0.4) is 0 Å². The minimum atomic E-state index is -0.518. The molecule has 0 N–H and O–H groups in total. The van der Waals surface area contributed by atoms with Crippen molar-refractivity contribution in [2.24, 2.45) is 0 Å². The Morgan fingerprint density at radius 1 is 0.750 bits per heavy atom. The molecule has 0 radical (unpaired) electrons. The number of aromatic nitrogens is 2. The largest absolute Gasteiger partial charge is 0.332 e. The molecule has 6 aromatic rings. The Bertz CT molecular complexity index is 1900. The Balaban J connectivity index is 1.52. The number of amides is 1. The first-order valence-electron chi connectivity index (χ1n) is 15.0. The molecule has 1 unspecified atom stereocenters. The van der Waals surface area contributed by atoms with Crippen molar-refractivity contribution in [2.75, 3.05) is 6.54 Å². The Labute approximate surface area is 258 Å². The summed E-state index contributed by atoms with van der Waals surface area (Å²) in [4.78, 5) is 36.1. The average Bonchev–Trinajstić information content (AvgIpc) is 3.06. The molecule has 0 aliphatic carbocycles. The number of para-hydroxylation sites is 1. The number of carbonyl (C=O) groups is 1. The van der Waals surface area contributed by atoms with E-state index in [-0.39, 0.29) is 11.5 Å². The van der Waals surface area contributed by atoms with Gasteiger partial charge in [0.05, 0.1) is 28.6 Å². The number of hydrogen-bond acceptors (Lipinski definition) is 3. The van der Waals surface area contributed by atoms with Gasteiger partial charge < -0.3 is 4.90 Å². The van der Waals surface area contributed by atoms with Crippen molar-refractivity contribution in [1.82, 2.24) is 14.5 Å². The summed E-state index contributed by atoms with van der Waals surface area (Å²) in [5, 5.41) is 0.540. The lowest BCUT2D eigenvalue weighted by atomic mass is 9.89. The van der Waals surface area contributed by atoms with Crippen molar-refractivity contribution in [1.29, 1.82) is 0 Å². The van der Waals surface area contributed by atoms with Gasteiger partial charge in [0.1, 0.15) is 5.82 Å². The van der Waals surface area contributed by atoms with E-state index >= 15 is 0 Å². The minimum absolute atomic E-state index is 0.0379. The molecule has 6 rings (SSSR count). The van der Waals surface area contributed by atoms with E-state index < -0.39 is 12.0 Å². The van der Waals surface area contributed by atoms with Crippen LogP contribution in [-0.4, -0.2) is 26.9 Å². The van der Waals surface area contributed by atoms with Gasteiger partial charge in [-0.05, 0) is 66.8 Å². The summed E-state index contributed by atoms with van der Waals surface area (Å²) in [5.74, 6) is -0.0279. The van der Waals surface area contributed by atoms with E-state index in [2.05, 4.69) is 12.1 Å². The highest BCUT2D eigenvalue weighted by Crippen LogP contribution is 2.32. The van der Waals surface area contributed by atoms with Crippen LogP contribution in [0.5, 0.6) is 0 Å². The predicted molar refractivity (Wildman–Crippen MR) is 177 cm³/mol. The number of benzene rings is 5. The van der Waals surface area contributed by atoms with Gasteiger partial charge in [-0.15, -0.1) is 0 Å². The van der Waals surface area contributed by atoms with E-state index in [0.717, 1.165) is 27.9 Å². The van der Waals surface area contributed by atoms with Crippen LogP contribution in [-0.2, 0) is 11.2 Å². The smallest absolute Gasteiger partial charge is 0.266 e. The first-order chi connectivity index (χ1) is 21.5. The van der Waals surface area contributed by atoms with E-state index in [1.165, 1.54) is 0 Å². The molecule has 5 aromatic carbocycles. The molecule has 0 saturated carbocycles. The zero-order valence-electron chi connectivity index (χ0n) is 25.0. The molecule has 44 heavy (non-hydrogen) atoms. The summed E-state index contributed by atoms with van der Waals surface area (Å²) in [7, 11) is 0. The lowest BCUT2D eigenvalue weighted by molar-refractivity contribution is -0.134. The number of nitrogens with zero attached hydrogens (tertiary/aromatic N) is 3. The fraction of sp³-hybridized carbons (Fsp3) is 0.154. The lowest BCUT2D eigenvalue weighted by Crippen LogP contribution is -2.41. The average molecular weight is 578 g/mol. The second kappa shape index (κ2) is 12.9. The normalized spacial score (nSPS) is 11.9. The Morgan fingerprint density at radius 3 is 1.98 bits per heavy atom. The monoisotopic (exact) mass is 577 g/mol. The molecule has 0 spiro atoms.